The quantitative estimate of drug-likeness (QED) is 0.449. The lowest BCUT2D eigenvalue weighted by atomic mass is 10.1. The monoisotopic (exact) mass is 210 g/mol. The first-order valence-corrected chi connectivity index (χ1v) is 4.65. The zero-order valence-electron chi connectivity index (χ0n) is 8.66. The highest BCUT2D eigenvalue weighted by molar-refractivity contribution is 5.54. The van der Waals surface area contributed by atoms with E-state index in [1.165, 1.54) is 6.92 Å². The topological polar surface area (TPSA) is 73.1 Å². The number of rotatable bonds is 4. The van der Waals surface area contributed by atoms with Crippen molar-refractivity contribution < 1.29 is 10.2 Å². The van der Waals surface area contributed by atoms with Crippen molar-refractivity contribution >= 4 is 5.69 Å². The van der Waals surface area contributed by atoms with E-state index in [4.69, 9.17) is 0 Å². The summed E-state index contributed by atoms with van der Waals surface area (Å²) in [6.45, 7) is 3.02. The Bertz CT molecular complexity index is 339. The standard InChI is InChI=1S/C10H14N2O3/c1-7(13)9-5-3-4-6-10(9)12(11-15)8(2)14/h3-8,13-14H,1-2H3. The summed E-state index contributed by atoms with van der Waals surface area (Å²) in [5.41, 5.74) is 0.968. The molecule has 0 amide bonds. The van der Waals surface area contributed by atoms with Crippen LogP contribution in [-0.4, -0.2) is 16.4 Å². The molecule has 1 aromatic rings. The minimum Gasteiger partial charge on any atom is -0.389 e. The van der Waals surface area contributed by atoms with Crippen LogP contribution in [0.3, 0.4) is 0 Å². The average Bonchev–Trinajstić information content (AvgIpc) is 2.18. The number of nitroso groups, excluding NO2 is 1. The molecule has 1 aromatic carbocycles. The van der Waals surface area contributed by atoms with Crippen molar-refractivity contribution in [3.63, 3.8) is 0 Å². The summed E-state index contributed by atoms with van der Waals surface area (Å²) >= 11 is 0. The van der Waals surface area contributed by atoms with Crippen LogP contribution in [0, 0.1) is 4.91 Å². The summed E-state index contributed by atoms with van der Waals surface area (Å²) < 4.78 is 0. The molecule has 0 saturated heterocycles. The van der Waals surface area contributed by atoms with Gasteiger partial charge in [-0.25, -0.2) is 5.01 Å². The van der Waals surface area contributed by atoms with Crippen molar-refractivity contribution in [3.05, 3.63) is 34.7 Å². The van der Waals surface area contributed by atoms with Gasteiger partial charge in [0, 0.05) is 5.56 Å². The molecule has 0 heterocycles. The molecule has 2 N–H and O–H groups in total. The molecule has 0 aliphatic carbocycles. The molecule has 15 heavy (non-hydrogen) atoms. The van der Waals surface area contributed by atoms with E-state index in [0.29, 0.717) is 11.3 Å². The van der Waals surface area contributed by atoms with Gasteiger partial charge in [-0.05, 0) is 19.9 Å². The number of benzene rings is 1. The predicted molar refractivity (Wildman–Crippen MR) is 57.0 cm³/mol. The predicted octanol–water partition coefficient (Wildman–Crippen LogP) is 1.57. The van der Waals surface area contributed by atoms with Crippen molar-refractivity contribution in [3.8, 4) is 0 Å². The van der Waals surface area contributed by atoms with Crippen LogP contribution in [0.4, 0.5) is 5.69 Å². The highest BCUT2D eigenvalue weighted by Crippen LogP contribution is 2.27. The van der Waals surface area contributed by atoms with Gasteiger partial charge in [-0.3, -0.25) is 0 Å². The maximum absolute atomic E-state index is 10.6. The van der Waals surface area contributed by atoms with Gasteiger partial charge in [0.15, 0.2) is 0 Å². The van der Waals surface area contributed by atoms with Crippen molar-refractivity contribution in [1.29, 1.82) is 0 Å². The van der Waals surface area contributed by atoms with Gasteiger partial charge in [0.05, 0.1) is 17.1 Å². The number of hydrogen-bond acceptors (Lipinski definition) is 4. The second-order valence-electron chi connectivity index (χ2n) is 3.29. The Morgan fingerprint density at radius 1 is 1.27 bits per heavy atom. The molecule has 0 bridgehead atoms. The second kappa shape index (κ2) is 4.86. The van der Waals surface area contributed by atoms with Crippen molar-refractivity contribution in [2.75, 3.05) is 5.01 Å². The first kappa shape index (κ1) is 11.6. The van der Waals surface area contributed by atoms with E-state index in [9.17, 15) is 15.1 Å². The highest BCUT2D eigenvalue weighted by Gasteiger charge is 2.17. The SMILES string of the molecule is CC(O)c1ccccc1N(N=O)C(C)O. The minimum absolute atomic E-state index is 0.414. The maximum Gasteiger partial charge on any atom is 0.148 e. The fraction of sp³-hybridized carbons (Fsp3) is 0.400. The van der Waals surface area contributed by atoms with Crippen LogP contribution in [0.25, 0.3) is 0 Å². The lowest BCUT2D eigenvalue weighted by Crippen LogP contribution is -2.27. The number of aliphatic hydroxyl groups is 2. The molecule has 0 aliphatic rings. The van der Waals surface area contributed by atoms with Crippen LogP contribution in [0.2, 0.25) is 0 Å². The van der Waals surface area contributed by atoms with Gasteiger partial charge in [0.1, 0.15) is 6.23 Å². The third-order valence-electron chi connectivity index (χ3n) is 2.08. The summed E-state index contributed by atoms with van der Waals surface area (Å²) in [6, 6.07) is 6.76. The van der Waals surface area contributed by atoms with Gasteiger partial charge < -0.3 is 10.2 Å². The van der Waals surface area contributed by atoms with Crippen LogP contribution in [0.5, 0.6) is 0 Å². The summed E-state index contributed by atoms with van der Waals surface area (Å²) in [4.78, 5) is 10.6. The third kappa shape index (κ3) is 2.51. The number of hydrogen-bond donors (Lipinski definition) is 2. The molecule has 0 aromatic heterocycles. The fourth-order valence-electron chi connectivity index (χ4n) is 1.36. The first-order valence-electron chi connectivity index (χ1n) is 4.65. The largest absolute Gasteiger partial charge is 0.389 e. The normalized spacial score (nSPS) is 14.4. The summed E-state index contributed by atoms with van der Waals surface area (Å²) in [5, 5.41) is 22.4. The Hall–Kier alpha value is -1.46. The Morgan fingerprint density at radius 3 is 2.33 bits per heavy atom. The first-order chi connectivity index (χ1) is 7.07. The number of aliphatic hydroxyl groups excluding tert-OH is 2. The van der Waals surface area contributed by atoms with E-state index in [0.717, 1.165) is 5.01 Å². The smallest absolute Gasteiger partial charge is 0.148 e. The van der Waals surface area contributed by atoms with Crippen LogP contribution in [-0.2, 0) is 0 Å². The van der Waals surface area contributed by atoms with E-state index in [1.807, 2.05) is 0 Å². The van der Waals surface area contributed by atoms with Gasteiger partial charge in [-0.2, -0.15) is 0 Å². The minimum atomic E-state index is -1.03. The molecule has 0 aliphatic heterocycles. The zero-order chi connectivity index (χ0) is 11.4. The van der Waals surface area contributed by atoms with Gasteiger partial charge in [-0.15, -0.1) is 4.91 Å². The van der Waals surface area contributed by atoms with Gasteiger partial charge >= 0.3 is 0 Å². The molecular formula is C10H14N2O3. The van der Waals surface area contributed by atoms with Crippen molar-refractivity contribution in [2.45, 2.75) is 26.2 Å². The Morgan fingerprint density at radius 2 is 1.87 bits per heavy atom. The molecule has 0 spiro atoms. The average molecular weight is 210 g/mol. The summed E-state index contributed by atoms with van der Waals surface area (Å²) in [7, 11) is 0. The summed E-state index contributed by atoms with van der Waals surface area (Å²) in [6.07, 6.45) is -1.74. The van der Waals surface area contributed by atoms with Gasteiger partial charge in [0.25, 0.3) is 0 Å². The Kier molecular flexibility index (Phi) is 3.76. The Labute approximate surface area is 87.9 Å². The van der Waals surface area contributed by atoms with Crippen molar-refractivity contribution in [2.24, 2.45) is 5.29 Å². The van der Waals surface area contributed by atoms with E-state index >= 15 is 0 Å². The molecule has 0 radical (unpaired) electrons. The zero-order valence-corrected chi connectivity index (χ0v) is 8.66. The molecule has 0 saturated carbocycles. The molecule has 2 atom stereocenters. The molecule has 5 nitrogen and oxygen atoms in total. The number of para-hydroxylation sites is 1. The lowest BCUT2D eigenvalue weighted by molar-refractivity contribution is 0.183. The molecule has 5 heteroatoms. The molecule has 2 unspecified atom stereocenters. The second-order valence-corrected chi connectivity index (χ2v) is 3.29. The molecule has 0 fully saturated rings. The number of nitrogens with zero attached hydrogens (tertiary/aromatic N) is 2. The van der Waals surface area contributed by atoms with E-state index < -0.39 is 12.3 Å². The molecular weight excluding hydrogens is 196 g/mol. The van der Waals surface area contributed by atoms with Crippen LogP contribution in [0.15, 0.2) is 29.6 Å². The van der Waals surface area contributed by atoms with Crippen LogP contribution < -0.4 is 5.01 Å². The number of anilines is 1. The van der Waals surface area contributed by atoms with E-state index in [-0.39, 0.29) is 0 Å². The highest BCUT2D eigenvalue weighted by atomic mass is 16.3. The van der Waals surface area contributed by atoms with E-state index in [1.54, 1.807) is 31.2 Å². The van der Waals surface area contributed by atoms with Gasteiger partial charge in [-0.1, -0.05) is 18.2 Å². The lowest BCUT2D eigenvalue weighted by Gasteiger charge is -2.22. The maximum atomic E-state index is 10.6. The van der Waals surface area contributed by atoms with Gasteiger partial charge in [0.2, 0.25) is 0 Å². The van der Waals surface area contributed by atoms with E-state index in [2.05, 4.69) is 5.29 Å². The van der Waals surface area contributed by atoms with Crippen LogP contribution >= 0.6 is 0 Å². The van der Waals surface area contributed by atoms with Crippen LogP contribution in [0.1, 0.15) is 25.5 Å². The molecule has 1 rings (SSSR count). The Balaban J connectivity index is 3.16. The van der Waals surface area contributed by atoms with Crippen molar-refractivity contribution in [1.82, 2.24) is 0 Å². The molecule has 82 valence electrons. The fourth-order valence-corrected chi connectivity index (χ4v) is 1.36. The summed E-state index contributed by atoms with van der Waals surface area (Å²) in [5.74, 6) is 0. The third-order valence-corrected chi connectivity index (χ3v) is 2.08.